The van der Waals surface area contributed by atoms with Crippen LogP contribution in [0.25, 0.3) is 0 Å². The molecule has 1 fully saturated rings. The van der Waals surface area contributed by atoms with E-state index >= 15 is 0 Å². The molecule has 11 nitrogen and oxygen atoms in total. The smallest absolute Gasteiger partial charge is 0.325 e. The van der Waals surface area contributed by atoms with Crippen LogP contribution in [0.5, 0.6) is 11.5 Å². The Morgan fingerprint density at radius 3 is 2.12 bits per heavy atom. The summed E-state index contributed by atoms with van der Waals surface area (Å²) in [5.41, 5.74) is 0.992. The molecule has 1 unspecified atom stereocenters. The number of aromatic hydroxyl groups is 2. The number of nitro benzene ring substituents is 1. The number of allylic oxidation sites excluding steroid dienone is 5. The van der Waals surface area contributed by atoms with E-state index in [1.807, 2.05) is 38.2 Å². The number of phenolic OH excluding ortho intramolecular Hbond substituents is 2. The molecule has 2 aromatic carbocycles. The monoisotopic (exact) mass is 585 g/mol. The van der Waals surface area contributed by atoms with Gasteiger partial charge in [0.2, 0.25) is 0 Å². The molecule has 1 amide bonds. The Kier molecular flexibility index (Phi) is 19.9. The first-order valence-electron chi connectivity index (χ1n) is 13.4. The number of hydrogen-bond acceptors (Lipinski definition) is 8. The van der Waals surface area contributed by atoms with Crippen LogP contribution in [-0.4, -0.2) is 58.4 Å². The van der Waals surface area contributed by atoms with Gasteiger partial charge in [0.1, 0.15) is 23.1 Å². The number of carboxylic acids is 1. The number of para-hydroxylation sites is 1. The number of rotatable bonds is 8. The van der Waals surface area contributed by atoms with Crippen molar-refractivity contribution < 1.29 is 34.6 Å². The van der Waals surface area contributed by atoms with Gasteiger partial charge >= 0.3 is 5.97 Å². The molecular weight excluding hydrogens is 542 g/mol. The van der Waals surface area contributed by atoms with Crippen LogP contribution in [0, 0.1) is 10.1 Å². The predicted molar refractivity (Wildman–Crippen MR) is 164 cm³/mol. The number of hydrogen-bond donors (Lipinski definition) is 5. The van der Waals surface area contributed by atoms with Crippen LogP contribution in [0.2, 0.25) is 0 Å². The van der Waals surface area contributed by atoms with Gasteiger partial charge in [-0.25, -0.2) is 0 Å². The van der Waals surface area contributed by atoms with E-state index in [0.29, 0.717) is 5.56 Å². The fraction of sp³-hybridized carbons (Fsp3) is 0.355. The molecule has 0 aromatic heterocycles. The van der Waals surface area contributed by atoms with Gasteiger partial charge in [0.15, 0.2) is 0 Å². The minimum Gasteiger partial charge on any atom is -0.507 e. The van der Waals surface area contributed by atoms with E-state index in [9.17, 15) is 29.9 Å². The highest BCUT2D eigenvalue weighted by Gasteiger charge is 2.22. The van der Waals surface area contributed by atoms with Crippen LogP contribution in [0.3, 0.4) is 0 Å². The van der Waals surface area contributed by atoms with Gasteiger partial charge in [-0.3, -0.25) is 19.7 Å². The van der Waals surface area contributed by atoms with E-state index in [4.69, 9.17) is 9.84 Å². The largest absolute Gasteiger partial charge is 0.507 e. The quantitative estimate of drug-likeness (QED) is 0.152. The van der Waals surface area contributed by atoms with Crippen molar-refractivity contribution in [1.29, 1.82) is 0 Å². The number of aliphatic carboxylic acids is 1. The average Bonchev–Trinajstić information content (AvgIpc) is 2.97. The third-order valence-electron chi connectivity index (χ3n) is 5.37. The Bertz CT molecular complexity index is 1160. The summed E-state index contributed by atoms with van der Waals surface area (Å²) < 4.78 is 4.77. The average molecular weight is 586 g/mol. The Hall–Kier alpha value is -4.48. The highest BCUT2D eigenvalue weighted by molar-refractivity contribution is 5.99. The van der Waals surface area contributed by atoms with E-state index in [1.54, 1.807) is 6.07 Å². The van der Waals surface area contributed by atoms with Crippen molar-refractivity contribution in [2.24, 2.45) is 0 Å². The Morgan fingerprint density at radius 1 is 1.10 bits per heavy atom. The zero-order valence-corrected chi connectivity index (χ0v) is 24.7. The number of nitro groups is 1. The maximum atomic E-state index is 11.6. The lowest BCUT2D eigenvalue weighted by atomic mass is 10.1. The van der Waals surface area contributed by atoms with Crippen molar-refractivity contribution in [2.45, 2.75) is 52.7 Å². The molecule has 1 atom stereocenters. The molecular formula is C31H43N3O8. The summed E-state index contributed by atoms with van der Waals surface area (Å²) in [5.74, 6) is -1.87. The summed E-state index contributed by atoms with van der Waals surface area (Å²) in [6.07, 6.45) is 12.1. The summed E-state index contributed by atoms with van der Waals surface area (Å²) in [6, 6.07) is 8.82. The Balaban J connectivity index is 0.000000577. The maximum Gasteiger partial charge on any atom is 0.325 e. The third-order valence-corrected chi connectivity index (χ3v) is 5.37. The van der Waals surface area contributed by atoms with Crippen molar-refractivity contribution in [3.8, 4) is 11.5 Å². The van der Waals surface area contributed by atoms with Gasteiger partial charge in [-0.15, -0.1) is 0 Å². The Morgan fingerprint density at radius 2 is 1.69 bits per heavy atom. The lowest BCUT2D eigenvalue weighted by molar-refractivity contribution is -0.385. The SMILES string of the molecule is C1CCNCC1.C=C(C)/C=C\C=C/C.CC(NC(=O)c1ccccc1[N+](=O)[O-])C(=O)O.COCc1c(O)cccc1O. The molecule has 1 aliphatic heterocycles. The zero-order valence-electron chi connectivity index (χ0n) is 24.7. The fourth-order valence-electron chi connectivity index (χ4n) is 3.15. The highest BCUT2D eigenvalue weighted by atomic mass is 16.6. The predicted octanol–water partition coefficient (Wildman–Crippen LogP) is 5.50. The summed E-state index contributed by atoms with van der Waals surface area (Å²) in [7, 11) is 1.51. The number of nitrogens with zero attached hydrogens (tertiary/aromatic N) is 1. The normalized spacial score (nSPS) is 12.9. The number of nitrogens with one attached hydrogen (secondary N) is 2. The lowest BCUT2D eigenvalue weighted by Gasteiger charge is -2.09. The van der Waals surface area contributed by atoms with Crippen LogP contribution in [0.15, 0.2) is 78.9 Å². The number of carbonyl (C=O) groups excluding carboxylic acids is 1. The minimum atomic E-state index is -1.21. The molecule has 0 saturated carbocycles. The second-order valence-corrected chi connectivity index (χ2v) is 9.06. The van der Waals surface area contributed by atoms with Crippen molar-refractivity contribution in [2.75, 3.05) is 20.2 Å². The number of phenols is 2. The molecule has 0 radical (unpaired) electrons. The number of ether oxygens (including phenoxy) is 1. The number of methoxy groups -OCH3 is 1. The number of carbonyl (C=O) groups is 2. The molecule has 230 valence electrons. The van der Waals surface area contributed by atoms with Crippen LogP contribution in [-0.2, 0) is 16.1 Å². The second-order valence-electron chi connectivity index (χ2n) is 9.06. The van der Waals surface area contributed by atoms with Gasteiger partial charge in [0.25, 0.3) is 11.6 Å². The number of benzene rings is 2. The van der Waals surface area contributed by atoms with E-state index in [2.05, 4.69) is 17.2 Å². The molecule has 0 aliphatic carbocycles. The van der Waals surface area contributed by atoms with E-state index in [-0.39, 0.29) is 29.4 Å². The fourth-order valence-corrected chi connectivity index (χ4v) is 3.15. The van der Waals surface area contributed by atoms with E-state index in [0.717, 1.165) is 5.57 Å². The molecule has 2 aromatic rings. The van der Waals surface area contributed by atoms with E-state index < -0.39 is 22.8 Å². The first kappa shape index (κ1) is 37.5. The molecule has 5 N–H and O–H groups in total. The first-order chi connectivity index (χ1) is 20.0. The van der Waals surface area contributed by atoms with Gasteiger partial charge in [0, 0.05) is 13.2 Å². The molecule has 42 heavy (non-hydrogen) atoms. The van der Waals surface area contributed by atoms with Crippen LogP contribution >= 0.6 is 0 Å². The van der Waals surface area contributed by atoms with Crippen LogP contribution < -0.4 is 10.6 Å². The number of carboxylic acid groups (broad SMARTS) is 1. The molecule has 1 heterocycles. The second kappa shape index (κ2) is 22.2. The number of amides is 1. The van der Waals surface area contributed by atoms with Gasteiger partial charge in [0.05, 0.1) is 17.1 Å². The number of piperidine rings is 1. The van der Waals surface area contributed by atoms with Gasteiger partial charge in [-0.1, -0.05) is 61.1 Å². The first-order valence-corrected chi connectivity index (χ1v) is 13.4. The van der Waals surface area contributed by atoms with Crippen molar-refractivity contribution in [1.82, 2.24) is 10.6 Å². The van der Waals surface area contributed by atoms with Gasteiger partial charge in [-0.05, 0) is 64.9 Å². The van der Waals surface area contributed by atoms with Crippen molar-refractivity contribution in [3.63, 3.8) is 0 Å². The van der Waals surface area contributed by atoms with Gasteiger partial charge < -0.3 is 30.7 Å². The standard InChI is InChI=1S/C10H10N2O5.C8H10O3.C8H12.C5H11N/c1-6(10(14)15)11-9(13)7-4-2-3-5-8(7)12(16)17;1-11-5-6-7(9)3-2-4-8(6)10;1-4-5-6-7-8(2)3;1-2-4-6-5-3-1/h2-6H,1H3,(H,11,13)(H,14,15);2-4,9-10H,5H2,1H3;4-7H,2H2,1,3H3;6H,1-5H2/b;;5-4-,7-6-;. The molecule has 0 bridgehead atoms. The molecule has 3 rings (SSSR count). The zero-order chi connectivity index (χ0) is 31.9. The van der Waals surface area contributed by atoms with Crippen LogP contribution in [0.4, 0.5) is 5.69 Å². The summed E-state index contributed by atoms with van der Waals surface area (Å²) >= 11 is 0. The van der Waals surface area contributed by atoms with Crippen molar-refractivity contribution in [3.05, 3.63) is 100 Å². The molecule has 11 heteroatoms. The summed E-state index contributed by atoms with van der Waals surface area (Å²) in [6.45, 7) is 11.7. The lowest BCUT2D eigenvalue weighted by Crippen LogP contribution is -2.38. The minimum absolute atomic E-state index is 0.0619. The Labute approximate surface area is 247 Å². The van der Waals surface area contributed by atoms with E-state index in [1.165, 1.54) is 82.8 Å². The molecule has 0 spiro atoms. The maximum absolute atomic E-state index is 11.6. The molecule has 1 aliphatic rings. The summed E-state index contributed by atoms with van der Waals surface area (Å²) in [5, 5.41) is 43.1. The summed E-state index contributed by atoms with van der Waals surface area (Å²) in [4.78, 5) is 32.1. The van der Waals surface area contributed by atoms with Crippen LogP contribution in [0.1, 0.15) is 56.0 Å². The topological polar surface area (TPSA) is 171 Å². The highest BCUT2D eigenvalue weighted by Crippen LogP contribution is 2.26. The van der Waals surface area contributed by atoms with Gasteiger partial charge in [-0.2, -0.15) is 0 Å². The van der Waals surface area contributed by atoms with Crippen molar-refractivity contribution >= 4 is 17.6 Å². The molecule has 1 saturated heterocycles. The third kappa shape index (κ3) is 16.6.